The minimum absolute atomic E-state index is 0.110. The predicted molar refractivity (Wildman–Crippen MR) is 83.8 cm³/mol. The van der Waals surface area contributed by atoms with Crippen LogP contribution in [0.5, 0.6) is 5.75 Å². The maximum atomic E-state index is 13.5. The second-order valence-electron chi connectivity index (χ2n) is 6.36. The van der Waals surface area contributed by atoms with E-state index in [1.54, 1.807) is 4.90 Å². The molecule has 7 heteroatoms. The van der Waals surface area contributed by atoms with Crippen LogP contribution >= 0.6 is 0 Å². The van der Waals surface area contributed by atoms with Gasteiger partial charge in [0.15, 0.2) is 18.2 Å². The maximum absolute atomic E-state index is 13.5. The summed E-state index contributed by atoms with van der Waals surface area (Å²) < 4.78 is 37.0. The van der Waals surface area contributed by atoms with E-state index in [1.807, 2.05) is 0 Å². The Labute approximate surface area is 140 Å². The second kappa shape index (κ2) is 7.44. The highest BCUT2D eigenvalue weighted by molar-refractivity contribution is 5.78. The molecule has 2 aliphatic rings. The first kappa shape index (κ1) is 17.1. The number of hydrogen-bond donors (Lipinski definition) is 0. The zero-order chi connectivity index (χ0) is 17.1. The first-order valence-electron chi connectivity index (χ1n) is 8.22. The van der Waals surface area contributed by atoms with E-state index in [2.05, 4.69) is 11.8 Å². The van der Waals surface area contributed by atoms with Crippen molar-refractivity contribution in [2.75, 3.05) is 46.0 Å². The summed E-state index contributed by atoms with van der Waals surface area (Å²) in [6.45, 7) is 6.42. The van der Waals surface area contributed by atoms with Crippen LogP contribution < -0.4 is 4.74 Å². The van der Waals surface area contributed by atoms with Crippen LogP contribution in [0.25, 0.3) is 0 Å². The molecule has 2 saturated heterocycles. The molecule has 0 saturated carbocycles. The fraction of sp³-hybridized carbons (Fsp3) is 0.588. The van der Waals surface area contributed by atoms with Crippen LogP contribution in [0.15, 0.2) is 18.2 Å². The molecule has 5 nitrogen and oxygen atoms in total. The lowest BCUT2D eigenvalue weighted by atomic mass is 10.0. The molecule has 0 aliphatic carbocycles. The normalized spacial score (nSPS) is 25.0. The van der Waals surface area contributed by atoms with Gasteiger partial charge in [-0.3, -0.25) is 9.69 Å². The molecule has 132 valence electrons. The van der Waals surface area contributed by atoms with Gasteiger partial charge in [0.2, 0.25) is 0 Å². The first-order valence-corrected chi connectivity index (χ1v) is 8.22. The van der Waals surface area contributed by atoms with E-state index < -0.39 is 11.6 Å². The first-order chi connectivity index (χ1) is 11.5. The van der Waals surface area contributed by atoms with E-state index in [0.29, 0.717) is 25.0 Å². The van der Waals surface area contributed by atoms with Crippen LogP contribution in [0, 0.1) is 17.6 Å². The average Bonchev–Trinajstić information content (AvgIpc) is 2.96. The van der Waals surface area contributed by atoms with Crippen molar-refractivity contribution in [3.8, 4) is 5.75 Å². The Morgan fingerprint density at radius 3 is 2.75 bits per heavy atom. The lowest BCUT2D eigenvalue weighted by Gasteiger charge is -2.33. The zero-order valence-electron chi connectivity index (χ0n) is 13.7. The number of benzene rings is 1. The van der Waals surface area contributed by atoms with Gasteiger partial charge in [0.1, 0.15) is 5.82 Å². The monoisotopic (exact) mass is 340 g/mol. The summed E-state index contributed by atoms with van der Waals surface area (Å²) in [6.07, 6.45) is 0. The molecule has 3 rings (SSSR count). The SMILES string of the molecule is C[C@@H]1CN(C(=O)COc2ccc(F)cc2F)C[C@H]1N1CCOCC1. The third-order valence-electron chi connectivity index (χ3n) is 4.69. The lowest BCUT2D eigenvalue weighted by molar-refractivity contribution is -0.132. The summed E-state index contributed by atoms with van der Waals surface area (Å²) in [4.78, 5) is 16.5. The second-order valence-corrected chi connectivity index (χ2v) is 6.36. The van der Waals surface area contributed by atoms with E-state index in [4.69, 9.17) is 9.47 Å². The van der Waals surface area contributed by atoms with Gasteiger partial charge in [-0.15, -0.1) is 0 Å². The highest BCUT2D eigenvalue weighted by Crippen LogP contribution is 2.23. The van der Waals surface area contributed by atoms with Gasteiger partial charge >= 0.3 is 0 Å². The number of amides is 1. The Bertz CT molecular complexity index is 593. The molecule has 1 aromatic rings. The molecule has 0 spiro atoms. The summed E-state index contributed by atoms with van der Waals surface area (Å²) in [6, 6.07) is 3.36. The van der Waals surface area contributed by atoms with Gasteiger partial charge in [-0.05, 0) is 18.1 Å². The van der Waals surface area contributed by atoms with Crippen LogP contribution in [0.3, 0.4) is 0 Å². The summed E-state index contributed by atoms with van der Waals surface area (Å²) in [5.41, 5.74) is 0. The van der Waals surface area contributed by atoms with Crippen molar-refractivity contribution in [3.63, 3.8) is 0 Å². The molecule has 2 fully saturated rings. The third kappa shape index (κ3) is 3.84. The molecule has 0 unspecified atom stereocenters. The number of nitrogens with zero attached hydrogens (tertiary/aromatic N) is 2. The smallest absolute Gasteiger partial charge is 0.260 e. The van der Waals surface area contributed by atoms with Crippen molar-refractivity contribution in [1.29, 1.82) is 0 Å². The van der Waals surface area contributed by atoms with Gasteiger partial charge in [0.25, 0.3) is 5.91 Å². The number of halogens is 2. The largest absolute Gasteiger partial charge is 0.481 e. The van der Waals surface area contributed by atoms with E-state index in [1.165, 1.54) is 6.07 Å². The number of morpholine rings is 1. The van der Waals surface area contributed by atoms with Crippen LogP contribution in [-0.2, 0) is 9.53 Å². The van der Waals surface area contributed by atoms with Crippen LogP contribution in [0.1, 0.15) is 6.92 Å². The van der Waals surface area contributed by atoms with Crippen molar-refractivity contribution >= 4 is 5.91 Å². The van der Waals surface area contributed by atoms with E-state index in [9.17, 15) is 13.6 Å². The quantitative estimate of drug-likeness (QED) is 0.834. The van der Waals surface area contributed by atoms with Crippen molar-refractivity contribution in [3.05, 3.63) is 29.8 Å². The van der Waals surface area contributed by atoms with Gasteiger partial charge in [0.05, 0.1) is 13.2 Å². The van der Waals surface area contributed by atoms with E-state index in [0.717, 1.165) is 38.4 Å². The van der Waals surface area contributed by atoms with Gasteiger partial charge in [0, 0.05) is 38.3 Å². The standard InChI is InChI=1S/C17H22F2N2O3/c1-12-9-21(10-15(12)20-4-6-23-7-5-20)17(22)11-24-16-3-2-13(18)8-14(16)19/h2-3,8,12,15H,4-7,9-11H2,1H3/t12-,15-/m1/s1. The molecule has 0 N–H and O–H groups in total. The number of carbonyl (C=O) groups is 1. The Morgan fingerprint density at radius 2 is 2.04 bits per heavy atom. The number of ether oxygens (including phenoxy) is 2. The van der Waals surface area contributed by atoms with Gasteiger partial charge in [-0.2, -0.15) is 0 Å². The van der Waals surface area contributed by atoms with Crippen molar-refractivity contribution in [2.45, 2.75) is 13.0 Å². The van der Waals surface area contributed by atoms with Crippen LogP contribution in [0.2, 0.25) is 0 Å². The van der Waals surface area contributed by atoms with Crippen molar-refractivity contribution < 1.29 is 23.0 Å². The predicted octanol–water partition coefficient (Wildman–Crippen LogP) is 1.52. The maximum Gasteiger partial charge on any atom is 0.260 e. The fourth-order valence-corrected chi connectivity index (χ4v) is 3.36. The lowest BCUT2D eigenvalue weighted by Crippen LogP contribution is -2.47. The highest BCUT2D eigenvalue weighted by Gasteiger charge is 2.36. The van der Waals surface area contributed by atoms with E-state index >= 15 is 0 Å². The number of hydrogen-bond acceptors (Lipinski definition) is 4. The average molecular weight is 340 g/mol. The fourth-order valence-electron chi connectivity index (χ4n) is 3.36. The minimum atomic E-state index is -0.802. The van der Waals surface area contributed by atoms with Crippen molar-refractivity contribution in [2.24, 2.45) is 5.92 Å². The molecule has 0 aromatic heterocycles. The van der Waals surface area contributed by atoms with Crippen molar-refractivity contribution in [1.82, 2.24) is 9.80 Å². The molecule has 2 heterocycles. The summed E-state index contributed by atoms with van der Waals surface area (Å²) in [7, 11) is 0. The molecule has 0 bridgehead atoms. The Balaban J connectivity index is 1.53. The molecular formula is C17H22F2N2O3. The topological polar surface area (TPSA) is 42.0 Å². The summed E-state index contributed by atoms with van der Waals surface area (Å²) in [5, 5.41) is 0. The molecule has 2 atom stereocenters. The molecule has 24 heavy (non-hydrogen) atoms. The molecule has 2 aliphatic heterocycles. The molecule has 1 aromatic carbocycles. The summed E-state index contributed by atoms with van der Waals surface area (Å²) in [5.74, 6) is -1.39. The Hall–Kier alpha value is -1.73. The number of carbonyl (C=O) groups excluding carboxylic acids is 1. The zero-order valence-corrected chi connectivity index (χ0v) is 13.7. The molecular weight excluding hydrogens is 318 g/mol. The van der Waals surface area contributed by atoms with Crippen LogP contribution in [-0.4, -0.2) is 67.7 Å². The highest BCUT2D eigenvalue weighted by atomic mass is 19.1. The molecule has 0 radical (unpaired) electrons. The van der Waals surface area contributed by atoms with Gasteiger partial charge in [-0.25, -0.2) is 8.78 Å². The molecule has 1 amide bonds. The number of rotatable bonds is 4. The van der Waals surface area contributed by atoms with Crippen LogP contribution in [0.4, 0.5) is 8.78 Å². The van der Waals surface area contributed by atoms with E-state index in [-0.39, 0.29) is 18.3 Å². The Morgan fingerprint density at radius 1 is 1.29 bits per heavy atom. The Kier molecular flexibility index (Phi) is 5.30. The number of likely N-dealkylation sites (tertiary alicyclic amines) is 1. The minimum Gasteiger partial charge on any atom is -0.481 e. The van der Waals surface area contributed by atoms with Gasteiger partial charge in [-0.1, -0.05) is 6.92 Å². The van der Waals surface area contributed by atoms with Gasteiger partial charge < -0.3 is 14.4 Å². The third-order valence-corrected chi connectivity index (χ3v) is 4.69. The summed E-state index contributed by atoms with van der Waals surface area (Å²) >= 11 is 0.